The van der Waals surface area contributed by atoms with Crippen molar-refractivity contribution in [2.75, 3.05) is 12.4 Å². The number of benzene rings is 1. The van der Waals surface area contributed by atoms with Crippen molar-refractivity contribution in [3.05, 3.63) is 46.3 Å². The van der Waals surface area contributed by atoms with Crippen molar-refractivity contribution in [3.8, 4) is 0 Å². The van der Waals surface area contributed by atoms with E-state index in [9.17, 15) is 13.6 Å². The molecule has 0 fully saturated rings. The first kappa shape index (κ1) is 15.0. The molecule has 1 aromatic carbocycles. The topological polar surface area (TPSA) is 67.2 Å². The number of aromatic nitrogens is 1. The Labute approximate surface area is 120 Å². The average molecular weight is 295 g/mol. The predicted octanol–water partition coefficient (Wildman–Crippen LogP) is 2.54. The fraction of sp³-hybridized carbons (Fsp3) is 0.286. The highest BCUT2D eigenvalue weighted by molar-refractivity contribution is 5.94. The number of aryl methyl sites for hydroxylation is 2. The van der Waals surface area contributed by atoms with Gasteiger partial charge >= 0.3 is 0 Å². The van der Waals surface area contributed by atoms with Crippen LogP contribution in [0.15, 0.2) is 16.7 Å². The minimum absolute atomic E-state index is 0.0873. The van der Waals surface area contributed by atoms with Crippen LogP contribution >= 0.6 is 0 Å². The van der Waals surface area contributed by atoms with Gasteiger partial charge < -0.3 is 15.2 Å². The number of hydrogen-bond acceptors (Lipinski definition) is 4. The number of carbonyl (C=O) groups is 1. The average Bonchev–Trinajstić information content (AvgIpc) is 2.75. The van der Waals surface area contributed by atoms with Crippen molar-refractivity contribution < 1.29 is 18.1 Å². The zero-order valence-electron chi connectivity index (χ0n) is 11.9. The molecule has 1 heterocycles. The summed E-state index contributed by atoms with van der Waals surface area (Å²) in [5, 5.41) is 8.74. The molecule has 1 aromatic heterocycles. The molecule has 7 heteroatoms. The van der Waals surface area contributed by atoms with Crippen LogP contribution < -0.4 is 10.6 Å². The maximum atomic E-state index is 13.6. The third-order valence-corrected chi connectivity index (χ3v) is 3.16. The Bertz CT molecular complexity index is 640. The lowest BCUT2D eigenvalue weighted by molar-refractivity contribution is 0.0950. The Hall–Kier alpha value is -2.44. The molecule has 5 nitrogen and oxygen atoms in total. The Balaban J connectivity index is 2.14. The van der Waals surface area contributed by atoms with E-state index >= 15 is 0 Å². The summed E-state index contributed by atoms with van der Waals surface area (Å²) in [6, 6.07) is 1.97. The fourth-order valence-electron chi connectivity index (χ4n) is 1.97. The van der Waals surface area contributed by atoms with Gasteiger partial charge in [0.05, 0.1) is 5.69 Å². The summed E-state index contributed by atoms with van der Waals surface area (Å²) < 4.78 is 32.2. The largest absolute Gasteiger partial charge is 0.383 e. The van der Waals surface area contributed by atoms with Crippen LogP contribution in [0.2, 0.25) is 0 Å². The van der Waals surface area contributed by atoms with Crippen molar-refractivity contribution in [2.24, 2.45) is 0 Å². The van der Waals surface area contributed by atoms with Crippen molar-refractivity contribution in [1.29, 1.82) is 0 Å². The number of amides is 1. The van der Waals surface area contributed by atoms with Gasteiger partial charge in [-0.05, 0) is 26.0 Å². The van der Waals surface area contributed by atoms with Crippen LogP contribution in [0.1, 0.15) is 27.4 Å². The van der Waals surface area contributed by atoms with Crippen LogP contribution in [-0.2, 0) is 6.54 Å². The van der Waals surface area contributed by atoms with E-state index in [4.69, 9.17) is 4.52 Å². The molecule has 0 radical (unpaired) electrons. The van der Waals surface area contributed by atoms with Gasteiger partial charge in [0.15, 0.2) is 0 Å². The highest BCUT2D eigenvalue weighted by Crippen LogP contribution is 2.20. The van der Waals surface area contributed by atoms with E-state index in [2.05, 4.69) is 15.8 Å². The molecule has 0 saturated heterocycles. The monoisotopic (exact) mass is 295 g/mol. The van der Waals surface area contributed by atoms with E-state index in [0.717, 1.165) is 17.7 Å². The second-order valence-electron chi connectivity index (χ2n) is 4.55. The molecule has 0 bridgehead atoms. The third-order valence-electron chi connectivity index (χ3n) is 3.16. The molecule has 2 rings (SSSR count). The minimum atomic E-state index is -0.819. The predicted molar refractivity (Wildman–Crippen MR) is 73.1 cm³/mol. The first-order valence-corrected chi connectivity index (χ1v) is 6.30. The Morgan fingerprint density at radius 2 is 1.90 bits per heavy atom. The summed E-state index contributed by atoms with van der Waals surface area (Å²) >= 11 is 0. The summed E-state index contributed by atoms with van der Waals surface area (Å²) in [5.41, 5.74) is 1.06. The van der Waals surface area contributed by atoms with Crippen LogP contribution in [0, 0.1) is 25.5 Å². The van der Waals surface area contributed by atoms with Crippen LogP contribution in [0.5, 0.6) is 0 Å². The van der Waals surface area contributed by atoms with Gasteiger partial charge in [-0.15, -0.1) is 0 Å². The molecule has 1 amide bonds. The summed E-state index contributed by atoms with van der Waals surface area (Å²) in [6.45, 7) is 3.65. The lowest BCUT2D eigenvalue weighted by Gasteiger charge is -2.08. The van der Waals surface area contributed by atoms with Gasteiger partial charge in [-0.1, -0.05) is 5.16 Å². The van der Waals surface area contributed by atoms with E-state index in [1.165, 1.54) is 7.05 Å². The molecule has 0 spiro atoms. The molecule has 21 heavy (non-hydrogen) atoms. The highest BCUT2D eigenvalue weighted by Gasteiger charge is 2.15. The summed E-state index contributed by atoms with van der Waals surface area (Å²) in [4.78, 5) is 12.0. The molecular formula is C14H15F2N3O2. The van der Waals surface area contributed by atoms with Gasteiger partial charge in [-0.2, -0.15) is 0 Å². The van der Waals surface area contributed by atoms with E-state index in [1.807, 2.05) is 0 Å². The number of nitrogens with zero attached hydrogens (tertiary/aromatic N) is 1. The minimum Gasteiger partial charge on any atom is -0.383 e. The number of anilines is 1. The quantitative estimate of drug-likeness (QED) is 0.909. The van der Waals surface area contributed by atoms with Crippen LogP contribution in [0.4, 0.5) is 14.5 Å². The zero-order chi connectivity index (χ0) is 15.6. The van der Waals surface area contributed by atoms with Crippen molar-refractivity contribution in [1.82, 2.24) is 10.5 Å². The highest BCUT2D eigenvalue weighted by atomic mass is 19.1. The van der Waals surface area contributed by atoms with E-state index in [-0.39, 0.29) is 17.8 Å². The van der Waals surface area contributed by atoms with Crippen molar-refractivity contribution >= 4 is 11.6 Å². The van der Waals surface area contributed by atoms with Gasteiger partial charge in [0.2, 0.25) is 0 Å². The maximum Gasteiger partial charge on any atom is 0.251 e. The Morgan fingerprint density at radius 1 is 1.29 bits per heavy atom. The number of halogens is 2. The second-order valence-corrected chi connectivity index (χ2v) is 4.55. The maximum absolute atomic E-state index is 13.6. The normalized spacial score (nSPS) is 10.5. The third kappa shape index (κ3) is 3.01. The van der Waals surface area contributed by atoms with Crippen LogP contribution in [0.3, 0.4) is 0 Å². The number of hydrogen-bond donors (Lipinski definition) is 2. The number of nitrogens with one attached hydrogen (secondary N) is 2. The van der Waals surface area contributed by atoms with Gasteiger partial charge in [-0.3, -0.25) is 4.79 Å². The van der Waals surface area contributed by atoms with E-state index < -0.39 is 17.5 Å². The number of rotatable bonds is 4. The Kier molecular flexibility index (Phi) is 4.21. The van der Waals surface area contributed by atoms with Crippen LogP contribution in [0.25, 0.3) is 0 Å². The molecule has 0 saturated carbocycles. The molecule has 2 aromatic rings. The first-order chi connectivity index (χ1) is 9.93. The summed E-state index contributed by atoms with van der Waals surface area (Å²) in [7, 11) is 1.40. The molecule has 2 N–H and O–H groups in total. The van der Waals surface area contributed by atoms with Gasteiger partial charge in [0.25, 0.3) is 5.91 Å². The molecular weight excluding hydrogens is 280 g/mol. The van der Waals surface area contributed by atoms with Crippen molar-refractivity contribution in [3.63, 3.8) is 0 Å². The number of carbonyl (C=O) groups excluding carboxylic acids is 1. The van der Waals surface area contributed by atoms with E-state index in [1.54, 1.807) is 13.8 Å². The van der Waals surface area contributed by atoms with Gasteiger partial charge in [-0.25, -0.2) is 8.78 Å². The molecule has 0 aliphatic carbocycles. The summed E-state index contributed by atoms with van der Waals surface area (Å²) in [6.07, 6.45) is 0. The lowest BCUT2D eigenvalue weighted by Crippen LogP contribution is -2.23. The van der Waals surface area contributed by atoms with E-state index in [0.29, 0.717) is 11.5 Å². The smallest absolute Gasteiger partial charge is 0.251 e. The summed E-state index contributed by atoms with van der Waals surface area (Å²) in [5.74, 6) is -1.62. The molecule has 0 aliphatic rings. The zero-order valence-corrected chi connectivity index (χ0v) is 11.9. The SMILES string of the molecule is CNc1c(F)cc(C(=O)NCc2c(C)noc2C)cc1F. The molecule has 0 aliphatic heterocycles. The molecule has 0 unspecified atom stereocenters. The molecule has 112 valence electrons. The fourth-order valence-corrected chi connectivity index (χ4v) is 1.97. The second kappa shape index (κ2) is 5.90. The Morgan fingerprint density at radius 3 is 2.38 bits per heavy atom. The van der Waals surface area contributed by atoms with Gasteiger partial charge in [0, 0.05) is 24.7 Å². The van der Waals surface area contributed by atoms with Crippen LogP contribution in [-0.4, -0.2) is 18.1 Å². The molecule has 0 atom stereocenters. The first-order valence-electron chi connectivity index (χ1n) is 6.30. The van der Waals surface area contributed by atoms with Crippen molar-refractivity contribution in [2.45, 2.75) is 20.4 Å². The standard InChI is InChI=1S/C14H15F2N3O2/c1-7-10(8(2)21-19-7)6-18-14(20)9-4-11(15)13(17-3)12(16)5-9/h4-5,17H,6H2,1-3H3,(H,18,20). The lowest BCUT2D eigenvalue weighted by atomic mass is 10.1. The van der Waals surface area contributed by atoms with Gasteiger partial charge in [0.1, 0.15) is 23.1 Å².